The lowest BCUT2D eigenvalue weighted by atomic mass is 9.83. The molecule has 0 aliphatic heterocycles. The average Bonchev–Trinajstić information content (AvgIpc) is 2.49. The first-order valence-corrected chi connectivity index (χ1v) is 7.79. The molecule has 21 heavy (non-hydrogen) atoms. The van der Waals surface area contributed by atoms with E-state index in [4.69, 9.17) is 0 Å². The maximum absolute atomic E-state index is 10.7. The van der Waals surface area contributed by atoms with Crippen molar-refractivity contribution in [3.05, 3.63) is 39.9 Å². The highest BCUT2D eigenvalue weighted by Crippen LogP contribution is 2.27. The van der Waals surface area contributed by atoms with E-state index in [0.29, 0.717) is 12.5 Å². The monoisotopic (exact) mass is 292 g/mol. The van der Waals surface area contributed by atoms with Crippen LogP contribution in [0.1, 0.15) is 44.1 Å². The lowest BCUT2D eigenvalue weighted by molar-refractivity contribution is -0.384. The molecule has 2 atom stereocenters. The quantitative estimate of drug-likeness (QED) is 0.460. The molecule has 0 heterocycles. The zero-order valence-electron chi connectivity index (χ0n) is 12.3. The number of nitrogens with zero attached hydrogens (tertiary/aromatic N) is 1. The van der Waals surface area contributed by atoms with Crippen LogP contribution in [0.5, 0.6) is 0 Å². The topological polar surface area (TPSA) is 75.4 Å². The number of rotatable bonds is 7. The smallest absolute Gasteiger partial charge is 0.269 e. The second-order valence-corrected chi connectivity index (χ2v) is 5.86. The first-order chi connectivity index (χ1) is 10.2. The summed E-state index contributed by atoms with van der Waals surface area (Å²) in [5.41, 5.74) is 1.07. The van der Waals surface area contributed by atoms with Crippen LogP contribution in [0.2, 0.25) is 0 Å². The molecule has 1 aromatic rings. The molecule has 1 aliphatic rings. The molecule has 1 saturated carbocycles. The SMILES string of the molecule is O=[N+]([O-])c1cccc(CNCCCC2CCCCC2O)c1. The summed E-state index contributed by atoms with van der Waals surface area (Å²) in [6.45, 7) is 1.53. The minimum Gasteiger partial charge on any atom is -0.393 e. The van der Waals surface area contributed by atoms with Gasteiger partial charge in [-0.25, -0.2) is 0 Å². The minimum absolute atomic E-state index is 0.115. The lowest BCUT2D eigenvalue weighted by Gasteiger charge is -2.27. The van der Waals surface area contributed by atoms with Gasteiger partial charge >= 0.3 is 0 Å². The fourth-order valence-electron chi connectivity index (χ4n) is 3.03. The van der Waals surface area contributed by atoms with Crippen LogP contribution in [0, 0.1) is 16.0 Å². The number of nitrogens with one attached hydrogen (secondary N) is 1. The molecule has 0 aromatic heterocycles. The zero-order valence-corrected chi connectivity index (χ0v) is 12.3. The van der Waals surface area contributed by atoms with Gasteiger partial charge in [-0.2, -0.15) is 0 Å². The number of aliphatic hydroxyl groups excluding tert-OH is 1. The molecular formula is C16H24N2O3. The van der Waals surface area contributed by atoms with Gasteiger partial charge in [0.15, 0.2) is 0 Å². The van der Waals surface area contributed by atoms with Crippen LogP contribution in [0.3, 0.4) is 0 Å². The Morgan fingerprint density at radius 1 is 1.33 bits per heavy atom. The number of nitro groups is 1. The molecule has 116 valence electrons. The highest BCUT2D eigenvalue weighted by Gasteiger charge is 2.21. The lowest BCUT2D eigenvalue weighted by Crippen LogP contribution is -2.25. The van der Waals surface area contributed by atoms with Gasteiger partial charge in [0.05, 0.1) is 11.0 Å². The Bertz CT molecular complexity index is 465. The van der Waals surface area contributed by atoms with Gasteiger partial charge < -0.3 is 10.4 Å². The van der Waals surface area contributed by atoms with Crippen molar-refractivity contribution < 1.29 is 10.0 Å². The summed E-state index contributed by atoms with van der Waals surface area (Å²) in [6.07, 6.45) is 6.47. The first kappa shape index (κ1) is 15.9. The van der Waals surface area contributed by atoms with Crippen molar-refractivity contribution in [1.29, 1.82) is 0 Å². The summed E-state index contributed by atoms with van der Waals surface area (Å²) in [5, 5.41) is 23.9. The van der Waals surface area contributed by atoms with Crippen LogP contribution in [-0.2, 0) is 6.54 Å². The molecule has 1 aromatic carbocycles. The van der Waals surface area contributed by atoms with Gasteiger partial charge in [0.2, 0.25) is 0 Å². The van der Waals surface area contributed by atoms with Crippen LogP contribution < -0.4 is 5.32 Å². The predicted molar refractivity (Wildman–Crippen MR) is 82.0 cm³/mol. The van der Waals surface area contributed by atoms with E-state index >= 15 is 0 Å². The molecule has 0 radical (unpaired) electrons. The summed E-state index contributed by atoms with van der Waals surface area (Å²) in [5.74, 6) is 0.457. The van der Waals surface area contributed by atoms with Crippen molar-refractivity contribution in [2.45, 2.75) is 51.2 Å². The normalized spacial score (nSPS) is 22.1. The number of nitro benzene ring substituents is 1. The number of hydrogen-bond acceptors (Lipinski definition) is 4. The molecule has 5 nitrogen and oxygen atoms in total. The van der Waals surface area contributed by atoms with Crippen molar-refractivity contribution >= 4 is 5.69 Å². The van der Waals surface area contributed by atoms with Crippen molar-refractivity contribution in [2.75, 3.05) is 6.54 Å². The van der Waals surface area contributed by atoms with Gasteiger partial charge in [-0.15, -0.1) is 0 Å². The highest BCUT2D eigenvalue weighted by molar-refractivity contribution is 5.34. The van der Waals surface area contributed by atoms with Crippen molar-refractivity contribution in [1.82, 2.24) is 5.32 Å². The van der Waals surface area contributed by atoms with Crippen LogP contribution in [0.15, 0.2) is 24.3 Å². The Labute approximate surface area is 125 Å². The van der Waals surface area contributed by atoms with E-state index in [-0.39, 0.29) is 16.7 Å². The van der Waals surface area contributed by atoms with Crippen molar-refractivity contribution in [3.8, 4) is 0 Å². The summed E-state index contributed by atoms with van der Waals surface area (Å²) in [6, 6.07) is 6.73. The maximum Gasteiger partial charge on any atom is 0.269 e. The second kappa shape index (κ2) is 8.10. The third-order valence-electron chi connectivity index (χ3n) is 4.25. The Hall–Kier alpha value is -1.46. The van der Waals surface area contributed by atoms with Crippen LogP contribution >= 0.6 is 0 Å². The Balaban J connectivity index is 1.65. The minimum atomic E-state index is -0.367. The van der Waals surface area contributed by atoms with E-state index in [9.17, 15) is 15.2 Å². The van der Waals surface area contributed by atoms with Crippen molar-refractivity contribution in [2.24, 2.45) is 5.92 Å². The number of hydrogen-bond donors (Lipinski definition) is 2. The standard InChI is InChI=1S/C16H24N2O3/c19-16-9-2-1-6-14(16)7-4-10-17-12-13-5-3-8-15(11-13)18(20)21/h3,5,8,11,14,16-17,19H,1-2,4,6-7,9-10,12H2. The molecular weight excluding hydrogens is 268 g/mol. The third-order valence-corrected chi connectivity index (χ3v) is 4.25. The summed E-state index contributed by atoms with van der Waals surface area (Å²) in [4.78, 5) is 10.3. The molecule has 1 aliphatic carbocycles. The van der Waals surface area contributed by atoms with Gasteiger partial charge in [0.1, 0.15) is 0 Å². The fourth-order valence-corrected chi connectivity index (χ4v) is 3.03. The maximum atomic E-state index is 10.7. The molecule has 2 rings (SSSR count). The van der Waals surface area contributed by atoms with E-state index < -0.39 is 0 Å². The summed E-state index contributed by atoms with van der Waals surface area (Å²) in [7, 11) is 0. The molecule has 0 saturated heterocycles. The average molecular weight is 292 g/mol. The predicted octanol–water partition coefficient (Wildman–Crippen LogP) is 3.02. The molecule has 0 bridgehead atoms. The third kappa shape index (κ3) is 5.10. The summed E-state index contributed by atoms with van der Waals surface area (Å²) >= 11 is 0. The van der Waals surface area contributed by atoms with E-state index in [0.717, 1.165) is 44.2 Å². The number of benzene rings is 1. The molecule has 2 N–H and O–H groups in total. The Morgan fingerprint density at radius 2 is 2.14 bits per heavy atom. The van der Waals surface area contributed by atoms with Gasteiger partial charge in [0.25, 0.3) is 5.69 Å². The number of aliphatic hydroxyl groups is 1. The Kier molecular flexibility index (Phi) is 6.14. The van der Waals surface area contributed by atoms with E-state index in [2.05, 4.69) is 5.32 Å². The van der Waals surface area contributed by atoms with E-state index in [1.165, 1.54) is 12.5 Å². The van der Waals surface area contributed by atoms with Crippen LogP contribution in [0.25, 0.3) is 0 Å². The largest absolute Gasteiger partial charge is 0.393 e. The van der Waals surface area contributed by atoms with Gasteiger partial charge in [-0.1, -0.05) is 25.0 Å². The van der Waals surface area contributed by atoms with E-state index in [1.54, 1.807) is 12.1 Å². The molecule has 2 unspecified atom stereocenters. The van der Waals surface area contributed by atoms with Gasteiger partial charge in [-0.05, 0) is 43.7 Å². The van der Waals surface area contributed by atoms with Crippen LogP contribution in [-0.4, -0.2) is 22.7 Å². The molecule has 5 heteroatoms. The molecule has 1 fully saturated rings. The number of non-ortho nitro benzene ring substituents is 1. The molecule has 0 amide bonds. The highest BCUT2D eigenvalue weighted by atomic mass is 16.6. The summed E-state index contributed by atoms with van der Waals surface area (Å²) < 4.78 is 0. The van der Waals surface area contributed by atoms with E-state index in [1.807, 2.05) is 6.07 Å². The second-order valence-electron chi connectivity index (χ2n) is 5.86. The van der Waals surface area contributed by atoms with Crippen LogP contribution in [0.4, 0.5) is 5.69 Å². The molecule has 0 spiro atoms. The van der Waals surface area contributed by atoms with Gasteiger partial charge in [-0.3, -0.25) is 10.1 Å². The zero-order chi connectivity index (χ0) is 15.1. The van der Waals surface area contributed by atoms with Crippen molar-refractivity contribution in [3.63, 3.8) is 0 Å². The Morgan fingerprint density at radius 3 is 2.90 bits per heavy atom. The fraction of sp³-hybridized carbons (Fsp3) is 0.625. The first-order valence-electron chi connectivity index (χ1n) is 7.79. The van der Waals surface area contributed by atoms with Gasteiger partial charge in [0, 0.05) is 18.7 Å².